The summed E-state index contributed by atoms with van der Waals surface area (Å²) in [4.78, 5) is 2.12. The highest BCUT2D eigenvalue weighted by atomic mass is 35.5. The van der Waals surface area contributed by atoms with Gasteiger partial charge in [0.2, 0.25) is 0 Å². The maximum Gasteiger partial charge on any atom is 0.0738 e. The van der Waals surface area contributed by atoms with Crippen molar-refractivity contribution >= 4 is 11.6 Å². The Labute approximate surface area is 97.0 Å². The minimum absolute atomic E-state index is 0.594. The number of halogens is 1. The summed E-state index contributed by atoms with van der Waals surface area (Å²) in [7, 11) is 2.05. The summed E-state index contributed by atoms with van der Waals surface area (Å²) in [5.41, 5.74) is 4.50. The van der Waals surface area contributed by atoms with Crippen LogP contribution >= 0.6 is 11.6 Å². The number of nitrogens with zero attached hydrogens (tertiary/aromatic N) is 1. The Morgan fingerprint density at radius 3 is 2.67 bits per heavy atom. The fourth-order valence-electron chi connectivity index (χ4n) is 2.24. The lowest BCUT2D eigenvalue weighted by atomic mass is 9.90. The maximum atomic E-state index is 5.77. The third-order valence-corrected chi connectivity index (χ3v) is 3.48. The molecule has 0 spiro atoms. The van der Waals surface area contributed by atoms with E-state index in [4.69, 9.17) is 11.6 Å². The van der Waals surface area contributed by atoms with Gasteiger partial charge < -0.3 is 0 Å². The second-order valence-corrected chi connectivity index (χ2v) is 4.68. The van der Waals surface area contributed by atoms with Crippen LogP contribution in [-0.2, 0) is 19.4 Å². The molecule has 1 aliphatic carbocycles. The summed E-state index contributed by atoms with van der Waals surface area (Å²) >= 11 is 5.77. The zero-order valence-corrected chi connectivity index (χ0v) is 10.1. The summed E-state index contributed by atoms with van der Waals surface area (Å²) < 4.78 is 0. The smallest absolute Gasteiger partial charge is 0.0738 e. The van der Waals surface area contributed by atoms with Crippen molar-refractivity contribution in [1.82, 2.24) is 4.90 Å². The van der Waals surface area contributed by atoms with Crippen LogP contribution in [0.4, 0.5) is 0 Å². The molecule has 1 aromatic rings. The summed E-state index contributed by atoms with van der Waals surface area (Å²) in [5, 5.41) is 0. The molecule has 0 aliphatic heterocycles. The largest absolute Gasteiger partial charge is 0.289 e. The van der Waals surface area contributed by atoms with Gasteiger partial charge in [-0.3, -0.25) is 4.90 Å². The highest BCUT2D eigenvalue weighted by Crippen LogP contribution is 2.22. The topological polar surface area (TPSA) is 3.24 Å². The molecule has 0 fully saturated rings. The van der Waals surface area contributed by atoms with E-state index in [1.165, 1.54) is 31.2 Å². The van der Waals surface area contributed by atoms with E-state index in [2.05, 4.69) is 23.1 Å². The maximum absolute atomic E-state index is 5.77. The number of benzene rings is 1. The van der Waals surface area contributed by atoms with E-state index in [9.17, 15) is 0 Å². The van der Waals surface area contributed by atoms with Gasteiger partial charge in [0.25, 0.3) is 0 Å². The first-order chi connectivity index (χ1) is 7.29. The number of hydrogen-bond donors (Lipinski definition) is 0. The molecular formula is C13H18ClN. The third kappa shape index (κ3) is 2.73. The van der Waals surface area contributed by atoms with E-state index in [1.54, 1.807) is 11.1 Å². The fourth-order valence-corrected chi connectivity index (χ4v) is 2.32. The van der Waals surface area contributed by atoms with Crippen LogP contribution in [0.5, 0.6) is 0 Å². The summed E-state index contributed by atoms with van der Waals surface area (Å²) in [6, 6.07) is 7.49. The minimum Gasteiger partial charge on any atom is -0.289 e. The SMILES string of the molecule is CN(CCl)Cc1ccc2c(c1)CCCC2. The molecule has 0 unspecified atom stereocenters. The van der Waals surface area contributed by atoms with Crippen LogP contribution < -0.4 is 0 Å². The van der Waals surface area contributed by atoms with E-state index in [0.717, 1.165) is 6.54 Å². The van der Waals surface area contributed by atoms with Gasteiger partial charge >= 0.3 is 0 Å². The molecule has 15 heavy (non-hydrogen) atoms. The van der Waals surface area contributed by atoms with Gasteiger partial charge in [-0.1, -0.05) is 18.2 Å². The Balaban J connectivity index is 2.13. The van der Waals surface area contributed by atoms with Crippen LogP contribution in [0.1, 0.15) is 29.5 Å². The molecule has 0 bridgehead atoms. The van der Waals surface area contributed by atoms with Gasteiger partial charge in [0.05, 0.1) is 6.00 Å². The van der Waals surface area contributed by atoms with Crippen molar-refractivity contribution in [2.45, 2.75) is 32.2 Å². The number of rotatable bonds is 3. The van der Waals surface area contributed by atoms with Crippen LogP contribution in [0.2, 0.25) is 0 Å². The highest BCUT2D eigenvalue weighted by molar-refractivity contribution is 6.17. The number of fused-ring (bicyclic) bond motifs is 1. The van der Waals surface area contributed by atoms with Crippen molar-refractivity contribution in [2.75, 3.05) is 13.1 Å². The standard InChI is InChI=1S/C13H18ClN/c1-15(10-14)9-11-6-7-12-4-2-3-5-13(12)8-11/h6-8H,2-5,9-10H2,1H3. The third-order valence-electron chi connectivity index (χ3n) is 3.07. The van der Waals surface area contributed by atoms with Crippen molar-refractivity contribution in [2.24, 2.45) is 0 Å². The lowest BCUT2D eigenvalue weighted by molar-refractivity contribution is 0.382. The second-order valence-electron chi connectivity index (χ2n) is 4.44. The van der Waals surface area contributed by atoms with Gasteiger partial charge in [-0.2, -0.15) is 0 Å². The van der Waals surface area contributed by atoms with E-state index >= 15 is 0 Å². The Morgan fingerprint density at radius 2 is 1.93 bits per heavy atom. The summed E-state index contributed by atoms with van der Waals surface area (Å²) in [6.07, 6.45) is 5.23. The van der Waals surface area contributed by atoms with Crippen LogP contribution in [0.25, 0.3) is 0 Å². The molecule has 0 radical (unpaired) electrons. The second kappa shape index (κ2) is 5.00. The molecule has 0 saturated heterocycles. The zero-order valence-electron chi connectivity index (χ0n) is 9.30. The molecule has 0 aromatic heterocycles. The van der Waals surface area contributed by atoms with Crippen molar-refractivity contribution < 1.29 is 0 Å². The average Bonchev–Trinajstić information content (AvgIpc) is 2.29. The summed E-state index contributed by atoms with van der Waals surface area (Å²) in [5.74, 6) is 0. The fraction of sp³-hybridized carbons (Fsp3) is 0.538. The molecule has 1 nitrogen and oxygen atoms in total. The lowest BCUT2D eigenvalue weighted by Gasteiger charge is -2.18. The van der Waals surface area contributed by atoms with Crippen molar-refractivity contribution in [3.63, 3.8) is 0 Å². The molecule has 0 saturated carbocycles. The van der Waals surface area contributed by atoms with Crippen LogP contribution in [0, 0.1) is 0 Å². The van der Waals surface area contributed by atoms with Gasteiger partial charge in [-0.25, -0.2) is 0 Å². The molecule has 0 amide bonds. The minimum atomic E-state index is 0.594. The molecule has 82 valence electrons. The van der Waals surface area contributed by atoms with Gasteiger partial charge in [-0.05, 0) is 49.4 Å². The normalized spacial score (nSPS) is 15.4. The Hall–Kier alpha value is -0.530. The molecule has 2 rings (SSSR count). The molecular weight excluding hydrogens is 206 g/mol. The first-order valence-electron chi connectivity index (χ1n) is 5.65. The first-order valence-corrected chi connectivity index (χ1v) is 6.18. The molecule has 0 heterocycles. The van der Waals surface area contributed by atoms with Crippen molar-refractivity contribution in [3.05, 3.63) is 34.9 Å². The van der Waals surface area contributed by atoms with Gasteiger partial charge in [0, 0.05) is 6.54 Å². The highest BCUT2D eigenvalue weighted by Gasteiger charge is 2.09. The van der Waals surface area contributed by atoms with Crippen LogP contribution in [-0.4, -0.2) is 18.0 Å². The average molecular weight is 224 g/mol. The van der Waals surface area contributed by atoms with Crippen molar-refractivity contribution in [1.29, 1.82) is 0 Å². The number of aryl methyl sites for hydroxylation is 2. The van der Waals surface area contributed by atoms with E-state index in [0.29, 0.717) is 6.00 Å². The van der Waals surface area contributed by atoms with Gasteiger partial charge in [0.15, 0.2) is 0 Å². The monoisotopic (exact) mass is 223 g/mol. The molecule has 0 N–H and O–H groups in total. The van der Waals surface area contributed by atoms with E-state index in [1.807, 2.05) is 7.05 Å². The molecule has 2 heteroatoms. The Kier molecular flexibility index (Phi) is 3.66. The van der Waals surface area contributed by atoms with E-state index < -0.39 is 0 Å². The van der Waals surface area contributed by atoms with Gasteiger partial charge in [0.1, 0.15) is 0 Å². The number of hydrogen-bond acceptors (Lipinski definition) is 1. The number of alkyl halides is 1. The molecule has 1 aromatic carbocycles. The van der Waals surface area contributed by atoms with E-state index in [-0.39, 0.29) is 0 Å². The van der Waals surface area contributed by atoms with Crippen molar-refractivity contribution in [3.8, 4) is 0 Å². The predicted octanol–water partition coefficient (Wildman–Crippen LogP) is 3.19. The molecule has 0 atom stereocenters. The quantitative estimate of drug-likeness (QED) is 0.562. The zero-order chi connectivity index (χ0) is 10.7. The predicted molar refractivity (Wildman–Crippen MR) is 65.3 cm³/mol. The molecule has 1 aliphatic rings. The van der Waals surface area contributed by atoms with Crippen LogP contribution in [0.3, 0.4) is 0 Å². The Morgan fingerprint density at radius 1 is 1.20 bits per heavy atom. The lowest BCUT2D eigenvalue weighted by Crippen LogP contribution is -2.16. The summed E-state index contributed by atoms with van der Waals surface area (Å²) in [6.45, 7) is 0.955. The van der Waals surface area contributed by atoms with Crippen LogP contribution in [0.15, 0.2) is 18.2 Å². The Bertz CT molecular complexity index is 335. The van der Waals surface area contributed by atoms with Gasteiger partial charge in [-0.15, -0.1) is 11.6 Å². The first kappa shape index (κ1) is 11.0.